The fraction of sp³-hybridized carbons (Fsp3) is 0.474. The molecule has 1 aliphatic heterocycles. The molecule has 1 fully saturated rings. The third kappa shape index (κ3) is 5.85. The number of halogens is 2. The Morgan fingerprint density at radius 3 is 2.79 bits per heavy atom. The van der Waals surface area contributed by atoms with Crippen molar-refractivity contribution in [2.24, 2.45) is 0 Å². The third-order valence-electron chi connectivity index (χ3n) is 4.29. The number of nitrogens with one attached hydrogen (secondary N) is 1. The van der Waals surface area contributed by atoms with Crippen molar-refractivity contribution < 1.29 is 27.8 Å². The Morgan fingerprint density at radius 1 is 1.39 bits per heavy atom. The van der Waals surface area contributed by atoms with Gasteiger partial charge in [0, 0.05) is 17.9 Å². The summed E-state index contributed by atoms with van der Waals surface area (Å²) in [5.41, 5.74) is 0.583. The number of carbonyl (C=O) groups is 2. The van der Waals surface area contributed by atoms with Crippen LogP contribution < -0.4 is 14.8 Å². The lowest BCUT2D eigenvalue weighted by atomic mass is 10.1. The number of carbonyl (C=O) groups excluding carboxylic acids is 2. The van der Waals surface area contributed by atoms with Gasteiger partial charge in [0.05, 0.1) is 13.0 Å². The smallest absolute Gasteiger partial charge is 0.387 e. The van der Waals surface area contributed by atoms with Gasteiger partial charge in [-0.1, -0.05) is 13.0 Å². The van der Waals surface area contributed by atoms with Gasteiger partial charge >= 0.3 is 6.61 Å². The molecule has 154 valence electrons. The van der Waals surface area contributed by atoms with Gasteiger partial charge in [0.25, 0.3) is 0 Å². The summed E-state index contributed by atoms with van der Waals surface area (Å²) >= 11 is 1.52. The number of thioether (sulfide) groups is 1. The molecule has 0 saturated carbocycles. The van der Waals surface area contributed by atoms with E-state index in [2.05, 4.69) is 10.1 Å². The van der Waals surface area contributed by atoms with Gasteiger partial charge in [-0.05, 0) is 37.1 Å². The summed E-state index contributed by atoms with van der Waals surface area (Å²) in [5, 5.41) is 2.91. The molecule has 0 aliphatic carbocycles. The minimum absolute atomic E-state index is 0.0482. The second kappa shape index (κ2) is 10.3. The van der Waals surface area contributed by atoms with Crippen LogP contribution in [0.3, 0.4) is 0 Å². The molecular weight excluding hydrogens is 390 g/mol. The summed E-state index contributed by atoms with van der Waals surface area (Å²) in [6.07, 6.45) is 3.72. The van der Waals surface area contributed by atoms with Crippen molar-refractivity contribution in [1.29, 1.82) is 0 Å². The fourth-order valence-corrected chi connectivity index (χ4v) is 3.73. The van der Waals surface area contributed by atoms with E-state index in [4.69, 9.17) is 4.74 Å². The van der Waals surface area contributed by atoms with E-state index in [9.17, 15) is 18.4 Å². The lowest BCUT2D eigenvalue weighted by Crippen LogP contribution is -2.48. The molecule has 0 unspecified atom stereocenters. The van der Waals surface area contributed by atoms with Crippen molar-refractivity contribution in [1.82, 2.24) is 10.2 Å². The van der Waals surface area contributed by atoms with Crippen LogP contribution in [0.2, 0.25) is 0 Å². The zero-order chi connectivity index (χ0) is 20.7. The second-order valence-corrected chi connectivity index (χ2v) is 7.26. The molecule has 1 aliphatic rings. The molecule has 0 radical (unpaired) electrons. The van der Waals surface area contributed by atoms with Gasteiger partial charge in [-0.15, -0.1) is 11.8 Å². The number of hydrogen-bond acceptors (Lipinski definition) is 5. The normalized spacial score (nSPS) is 17.8. The number of hydrogen-bond donors (Lipinski definition) is 1. The van der Waals surface area contributed by atoms with E-state index in [1.54, 1.807) is 6.08 Å². The Balaban J connectivity index is 2.06. The number of ether oxygens (including phenoxy) is 2. The monoisotopic (exact) mass is 414 g/mol. The van der Waals surface area contributed by atoms with Gasteiger partial charge in [-0.25, -0.2) is 0 Å². The van der Waals surface area contributed by atoms with Crippen molar-refractivity contribution in [2.45, 2.75) is 39.0 Å². The maximum absolute atomic E-state index is 12.5. The van der Waals surface area contributed by atoms with Crippen LogP contribution in [-0.2, 0) is 9.59 Å². The van der Waals surface area contributed by atoms with Crippen LogP contribution in [0, 0.1) is 0 Å². The summed E-state index contributed by atoms with van der Waals surface area (Å²) in [5.74, 6) is 0.593. The van der Waals surface area contributed by atoms with Crippen LogP contribution in [0.15, 0.2) is 24.3 Å². The third-order valence-corrected chi connectivity index (χ3v) is 5.30. The van der Waals surface area contributed by atoms with E-state index in [0.29, 0.717) is 17.2 Å². The average Bonchev–Trinajstić information content (AvgIpc) is 3.16. The summed E-state index contributed by atoms with van der Waals surface area (Å²) < 4.78 is 34.2. The zero-order valence-electron chi connectivity index (χ0n) is 16.0. The molecule has 0 spiro atoms. The van der Waals surface area contributed by atoms with E-state index >= 15 is 0 Å². The standard InChI is InChI=1S/C19H24F2N2O4S/c1-4-12(2)22-18(25)14-10-28-11-23(14)17(24)8-6-13-5-7-15(27-19(20)21)16(9-13)26-3/h5-9,12,14,19H,4,10-11H2,1-3H3,(H,22,25)/b8-6-/t12-,14-/m0/s1. The van der Waals surface area contributed by atoms with Crippen molar-refractivity contribution in [3.05, 3.63) is 29.8 Å². The molecule has 1 saturated heterocycles. The first-order valence-electron chi connectivity index (χ1n) is 8.85. The lowest BCUT2D eigenvalue weighted by Gasteiger charge is -2.23. The van der Waals surface area contributed by atoms with Crippen LogP contribution in [0.5, 0.6) is 11.5 Å². The number of amides is 2. The summed E-state index contributed by atoms with van der Waals surface area (Å²) in [6, 6.07) is 3.92. The minimum atomic E-state index is -2.96. The van der Waals surface area contributed by atoms with Gasteiger partial charge in [0.2, 0.25) is 11.8 Å². The summed E-state index contributed by atoms with van der Waals surface area (Å²) in [6.45, 7) is 0.940. The lowest BCUT2D eigenvalue weighted by molar-refractivity contribution is -0.135. The number of rotatable bonds is 8. The molecule has 28 heavy (non-hydrogen) atoms. The van der Waals surface area contributed by atoms with Crippen LogP contribution in [0.4, 0.5) is 8.78 Å². The highest BCUT2D eigenvalue weighted by Crippen LogP contribution is 2.30. The van der Waals surface area contributed by atoms with E-state index in [0.717, 1.165) is 6.42 Å². The molecule has 1 N–H and O–H groups in total. The van der Waals surface area contributed by atoms with Crippen LogP contribution >= 0.6 is 11.8 Å². The predicted molar refractivity (Wildman–Crippen MR) is 105 cm³/mol. The first-order valence-corrected chi connectivity index (χ1v) is 10.0. The van der Waals surface area contributed by atoms with Crippen molar-refractivity contribution in [3.63, 3.8) is 0 Å². The van der Waals surface area contributed by atoms with Crippen LogP contribution in [-0.4, -0.2) is 54.1 Å². The maximum atomic E-state index is 12.5. The molecule has 6 nitrogen and oxygen atoms in total. The van der Waals surface area contributed by atoms with Crippen molar-refractivity contribution >= 4 is 29.7 Å². The number of benzene rings is 1. The Kier molecular flexibility index (Phi) is 8.10. The molecule has 9 heteroatoms. The number of alkyl halides is 2. The molecular formula is C19H24F2N2O4S. The second-order valence-electron chi connectivity index (χ2n) is 6.26. The highest BCUT2D eigenvalue weighted by molar-refractivity contribution is 7.99. The number of nitrogens with zero attached hydrogens (tertiary/aromatic N) is 1. The average molecular weight is 414 g/mol. The van der Waals surface area contributed by atoms with Crippen molar-refractivity contribution in [2.75, 3.05) is 18.7 Å². The highest BCUT2D eigenvalue weighted by atomic mass is 32.2. The molecule has 2 amide bonds. The molecule has 1 aromatic carbocycles. The molecule has 0 aromatic heterocycles. The first kappa shape index (κ1) is 22.0. The Hall–Kier alpha value is -2.29. The van der Waals surface area contributed by atoms with Gasteiger partial charge in [0.15, 0.2) is 11.5 Å². The molecule has 1 aromatic rings. The maximum Gasteiger partial charge on any atom is 0.387 e. The molecule has 2 atom stereocenters. The van der Waals surface area contributed by atoms with E-state index in [-0.39, 0.29) is 29.4 Å². The van der Waals surface area contributed by atoms with Crippen LogP contribution in [0.1, 0.15) is 25.8 Å². The predicted octanol–water partition coefficient (Wildman–Crippen LogP) is 3.13. The van der Waals surface area contributed by atoms with E-state index < -0.39 is 12.7 Å². The minimum Gasteiger partial charge on any atom is -0.493 e. The Labute approximate surface area is 167 Å². The van der Waals surface area contributed by atoms with Crippen LogP contribution in [0.25, 0.3) is 6.08 Å². The zero-order valence-corrected chi connectivity index (χ0v) is 16.8. The summed E-state index contributed by atoms with van der Waals surface area (Å²) in [4.78, 5) is 26.4. The number of methoxy groups -OCH3 is 1. The van der Waals surface area contributed by atoms with E-state index in [1.807, 2.05) is 13.8 Å². The topological polar surface area (TPSA) is 67.9 Å². The SMILES string of the molecule is CC[C@H](C)NC(=O)[C@@H]1CSCN1C(=O)/C=C\c1ccc(OC(F)F)c(OC)c1. The quantitative estimate of drug-likeness (QED) is 0.662. The largest absolute Gasteiger partial charge is 0.493 e. The molecule has 0 bridgehead atoms. The Bertz CT molecular complexity index is 730. The van der Waals surface area contributed by atoms with Gasteiger partial charge in [-0.2, -0.15) is 8.78 Å². The van der Waals surface area contributed by atoms with Gasteiger partial charge in [0.1, 0.15) is 6.04 Å². The fourth-order valence-electron chi connectivity index (χ4n) is 2.56. The van der Waals surface area contributed by atoms with Gasteiger partial charge in [-0.3, -0.25) is 9.59 Å². The molecule has 2 rings (SSSR count). The van der Waals surface area contributed by atoms with Crippen molar-refractivity contribution in [3.8, 4) is 11.5 Å². The summed E-state index contributed by atoms with van der Waals surface area (Å²) in [7, 11) is 1.34. The highest BCUT2D eigenvalue weighted by Gasteiger charge is 2.33. The van der Waals surface area contributed by atoms with Gasteiger partial charge < -0.3 is 19.7 Å². The molecule has 1 heterocycles. The van der Waals surface area contributed by atoms with E-state index in [1.165, 1.54) is 48.0 Å². The first-order chi connectivity index (χ1) is 13.3. The Morgan fingerprint density at radius 2 is 2.14 bits per heavy atom.